The number of nitrogens with zero attached hydrogens (tertiary/aromatic N) is 4. The lowest BCUT2D eigenvalue weighted by atomic mass is 10.3. The van der Waals surface area contributed by atoms with Gasteiger partial charge in [-0.05, 0) is 48.6 Å². The molecular formula is C14H22N5S+. The maximum absolute atomic E-state index is 5.44. The minimum Gasteiger partial charge on any atom is -0.335 e. The van der Waals surface area contributed by atoms with Gasteiger partial charge in [0.1, 0.15) is 0 Å². The average molecular weight is 292 g/mol. The quantitative estimate of drug-likeness (QED) is 0.777. The monoisotopic (exact) mass is 292 g/mol. The summed E-state index contributed by atoms with van der Waals surface area (Å²) in [6.07, 6.45) is 1.07. The highest BCUT2D eigenvalue weighted by molar-refractivity contribution is 7.71. The lowest BCUT2D eigenvalue weighted by Crippen LogP contribution is -3.11. The van der Waals surface area contributed by atoms with Crippen molar-refractivity contribution in [1.29, 1.82) is 0 Å². The molecule has 0 unspecified atom stereocenters. The fourth-order valence-electron chi connectivity index (χ4n) is 2.23. The standard InChI is InChI=1S/C14H21N5S/c1-3-17(4-2)11-8-12-18-14(20)19(16-15-18)13-9-6-5-7-10-13/h5-7,9-10H,3-4,8,11-12H2,1-2H3/p+1. The molecular weight excluding hydrogens is 270 g/mol. The van der Waals surface area contributed by atoms with Gasteiger partial charge in [-0.1, -0.05) is 18.2 Å². The lowest BCUT2D eigenvalue weighted by molar-refractivity contribution is -0.896. The van der Waals surface area contributed by atoms with Crippen LogP contribution in [0.25, 0.3) is 5.69 Å². The molecule has 0 amide bonds. The maximum atomic E-state index is 5.44. The van der Waals surface area contributed by atoms with Crippen molar-refractivity contribution in [3.63, 3.8) is 0 Å². The number of tetrazole rings is 1. The Balaban J connectivity index is 2.01. The number of nitrogens with one attached hydrogen (secondary N) is 1. The van der Waals surface area contributed by atoms with Crippen molar-refractivity contribution in [3.05, 3.63) is 35.1 Å². The molecule has 108 valence electrons. The fourth-order valence-corrected chi connectivity index (χ4v) is 2.50. The second-order valence-corrected chi connectivity index (χ2v) is 5.16. The van der Waals surface area contributed by atoms with Crippen molar-refractivity contribution >= 4 is 12.2 Å². The molecule has 2 rings (SSSR count). The number of hydrogen-bond acceptors (Lipinski definition) is 3. The van der Waals surface area contributed by atoms with Gasteiger partial charge in [-0.15, -0.1) is 0 Å². The van der Waals surface area contributed by atoms with Gasteiger partial charge in [-0.25, -0.2) is 4.68 Å². The third-order valence-corrected chi connectivity index (χ3v) is 3.92. The van der Waals surface area contributed by atoms with Gasteiger partial charge in [0.15, 0.2) is 0 Å². The second-order valence-electron chi connectivity index (χ2n) is 4.79. The van der Waals surface area contributed by atoms with E-state index in [0.29, 0.717) is 4.77 Å². The summed E-state index contributed by atoms with van der Waals surface area (Å²) in [7, 11) is 0. The summed E-state index contributed by atoms with van der Waals surface area (Å²) in [5, 5.41) is 8.30. The first-order chi connectivity index (χ1) is 9.76. The number of aryl methyl sites for hydroxylation is 1. The van der Waals surface area contributed by atoms with E-state index >= 15 is 0 Å². The van der Waals surface area contributed by atoms with E-state index in [2.05, 4.69) is 24.3 Å². The molecule has 0 fully saturated rings. The number of hydrogen-bond donors (Lipinski definition) is 1. The van der Waals surface area contributed by atoms with Crippen molar-refractivity contribution < 1.29 is 4.90 Å². The van der Waals surface area contributed by atoms with E-state index in [9.17, 15) is 0 Å². The van der Waals surface area contributed by atoms with Crippen LogP contribution in [-0.2, 0) is 6.54 Å². The molecule has 0 spiro atoms. The molecule has 6 heteroatoms. The van der Waals surface area contributed by atoms with Gasteiger partial charge >= 0.3 is 0 Å². The largest absolute Gasteiger partial charge is 0.335 e. The van der Waals surface area contributed by atoms with E-state index < -0.39 is 0 Å². The first-order valence-electron chi connectivity index (χ1n) is 7.18. The van der Waals surface area contributed by atoms with Gasteiger partial charge < -0.3 is 4.90 Å². The van der Waals surface area contributed by atoms with Crippen LogP contribution in [0.1, 0.15) is 20.3 Å². The van der Waals surface area contributed by atoms with Crippen LogP contribution in [0.5, 0.6) is 0 Å². The first-order valence-corrected chi connectivity index (χ1v) is 7.58. The molecule has 0 radical (unpaired) electrons. The fraction of sp³-hybridized carbons (Fsp3) is 0.500. The van der Waals surface area contributed by atoms with Crippen LogP contribution in [0.3, 0.4) is 0 Å². The zero-order valence-electron chi connectivity index (χ0n) is 12.1. The molecule has 1 heterocycles. The Morgan fingerprint density at radius 1 is 1.10 bits per heavy atom. The summed E-state index contributed by atoms with van der Waals surface area (Å²) >= 11 is 5.44. The summed E-state index contributed by atoms with van der Waals surface area (Å²) in [5.74, 6) is 0. The van der Waals surface area contributed by atoms with Gasteiger partial charge in [0.2, 0.25) is 4.77 Å². The van der Waals surface area contributed by atoms with Crippen LogP contribution in [-0.4, -0.2) is 39.4 Å². The molecule has 0 aliphatic rings. The van der Waals surface area contributed by atoms with Crippen LogP contribution < -0.4 is 4.90 Å². The van der Waals surface area contributed by atoms with Crippen molar-refractivity contribution in [2.24, 2.45) is 0 Å². The molecule has 0 bridgehead atoms. The highest BCUT2D eigenvalue weighted by Crippen LogP contribution is 2.05. The molecule has 1 N–H and O–H groups in total. The molecule has 0 aliphatic carbocycles. The Morgan fingerprint density at radius 2 is 1.80 bits per heavy atom. The molecule has 5 nitrogen and oxygen atoms in total. The van der Waals surface area contributed by atoms with E-state index in [4.69, 9.17) is 12.2 Å². The zero-order valence-corrected chi connectivity index (χ0v) is 12.9. The Kier molecular flexibility index (Phi) is 5.43. The summed E-state index contributed by atoms with van der Waals surface area (Å²) in [5.41, 5.74) is 0.957. The third-order valence-electron chi connectivity index (χ3n) is 3.54. The molecule has 0 saturated heterocycles. The number of aromatic nitrogens is 4. The van der Waals surface area contributed by atoms with Crippen molar-refractivity contribution in [1.82, 2.24) is 19.8 Å². The van der Waals surface area contributed by atoms with E-state index in [0.717, 1.165) is 25.2 Å². The van der Waals surface area contributed by atoms with Crippen LogP contribution in [0.15, 0.2) is 30.3 Å². The molecule has 0 saturated carbocycles. The van der Waals surface area contributed by atoms with Gasteiger partial charge in [-0.3, -0.25) is 0 Å². The van der Waals surface area contributed by atoms with Crippen LogP contribution in [0, 0.1) is 4.77 Å². The van der Waals surface area contributed by atoms with Crippen molar-refractivity contribution in [2.75, 3.05) is 19.6 Å². The first kappa shape index (κ1) is 14.9. The number of para-hydroxylation sites is 1. The Bertz CT molecular complexity index is 571. The number of quaternary nitrogens is 1. The van der Waals surface area contributed by atoms with Crippen molar-refractivity contribution in [3.8, 4) is 5.69 Å². The summed E-state index contributed by atoms with van der Waals surface area (Å²) in [4.78, 5) is 1.60. The van der Waals surface area contributed by atoms with Gasteiger partial charge in [0.25, 0.3) is 0 Å². The minimum atomic E-state index is 0.658. The van der Waals surface area contributed by atoms with Gasteiger partial charge in [-0.2, -0.15) is 4.68 Å². The van der Waals surface area contributed by atoms with E-state index in [1.54, 1.807) is 9.58 Å². The molecule has 1 aromatic heterocycles. The predicted octanol–water partition coefficient (Wildman–Crippen LogP) is 1.11. The van der Waals surface area contributed by atoms with E-state index in [1.165, 1.54) is 13.1 Å². The van der Waals surface area contributed by atoms with Gasteiger partial charge in [0, 0.05) is 6.42 Å². The smallest absolute Gasteiger partial charge is 0.220 e. The van der Waals surface area contributed by atoms with Crippen LogP contribution in [0.2, 0.25) is 0 Å². The number of benzene rings is 1. The highest BCUT2D eigenvalue weighted by atomic mass is 32.1. The van der Waals surface area contributed by atoms with Crippen LogP contribution in [0.4, 0.5) is 0 Å². The second kappa shape index (κ2) is 7.31. The Hall–Kier alpha value is -1.53. The summed E-state index contributed by atoms with van der Waals surface area (Å²) < 4.78 is 4.18. The predicted molar refractivity (Wildman–Crippen MR) is 81.7 cm³/mol. The normalized spacial score (nSPS) is 11.2. The van der Waals surface area contributed by atoms with Gasteiger partial charge in [0.05, 0.1) is 31.9 Å². The molecule has 20 heavy (non-hydrogen) atoms. The molecule has 0 atom stereocenters. The summed E-state index contributed by atoms with van der Waals surface area (Å²) in [6.45, 7) is 8.74. The topological polar surface area (TPSA) is 40.1 Å². The van der Waals surface area contributed by atoms with Crippen LogP contribution >= 0.6 is 12.2 Å². The molecule has 0 aliphatic heterocycles. The maximum Gasteiger partial charge on any atom is 0.220 e. The van der Waals surface area contributed by atoms with Crippen molar-refractivity contribution in [2.45, 2.75) is 26.8 Å². The SMILES string of the molecule is CC[NH+](CC)CCCn1nnn(-c2ccccc2)c1=S. The lowest BCUT2D eigenvalue weighted by Gasteiger charge is -2.14. The van der Waals surface area contributed by atoms with E-state index in [1.807, 2.05) is 35.0 Å². The summed E-state index contributed by atoms with van der Waals surface area (Å²) in [6, 6.07) is 9.88. The van der Waals surface area contributed by atoms with E-state index in [-0.39, 0.29) is 0 Å². The average Bonchev–Trinajstić information content (AvgIpc) is 2.86. The Morgan fingerprint density at radius 3 is 2.45 bits per heavy atom. The zero-order chi connectivity index (χ0) is 14.4. The third kappa shape index (κ3) is 3.52. The highest BCUT2D eigenvalue weighted by Gasteiger charge is 2.07. The Labute approximate surface area is 124 Å². The number of rotatable bonds is 7. The minimum absolute atomic E-state index is 0.658. The molecule has 2 aromatic rings. The molecule has 1 aromatic carbocycles.